The second-order valence-corrected chi connectivity index (χ2v) is 18.0. The number of hydrogen-bond acceptors (Lipinski definition) is 3. The highest BCUT2D eigenvalue weighted by atomic mass is 16.3. The summed E-state index contributed by atoms with van der Waals surface area (Å²) in [5, 5.41) is 4.34. The van der Waals surface area contributed by atoms with E-state index in [9.17, 15) is 0 Å². The van der Waals surface area contributed by atoms with Gasteiger partial charge in [-0.3, -0.25) is 0 Å². The van der Waals surface area contributed by atoms with E-state index in [0.717, 1.165) is 66.5 Å². The molecule has 0 N–H and O–H groups in total. The molecule has 310 valence electrons. The molecule has 0 aliphatic heterocycles. The van der Waals surface area contributed by atoms with Crippen LogP contribution in [-0.4, -0.2) is 0 Å². The zero-order valence-corrected chi connectivity index (χ0v) is 36.2. The van der Waals surface area contributed by atoms with Gasteiger partial charge in [-0.1, -0.05) is 188 Å². The Morgan fingerprint density at radius 2 is 0.833 bits per heavy atom. The van der Waals surface area contributed by atoms with E-state index in [1.54, 1.807) is 0 Å². The Morgan fingerprint density at radius 3 is 1.47 bits per heavy atom. The van der Waals surface area contributed by atoms with Crippen LogP contribution in [0.3, 0.4) is 0 Å². The first-order valence-electron chi connectivity index (χ1n) is 22.8. The van der Waals surface area contributed by atoms with Gasteiger partial charge in [0.25, 0.3) is 0 Å². The zero-order chi connectivity index (χ0) is 43.6. The number of para-hydroxylation sites is 3. The topological polar surface area (TPSA) is 29.5 Å². The van der Waals surface area contributed by atoms with Gasteiger partial charge < -0.3 is 13.7 Å². The Labute approximate surface area is 382 Å². The molecule has 0 unspecified atom stereocenters. The van der Waals surface area contributed by atoms with Crippen molar-refractivity contribution in [1.29, 1.82) is 0 Å². The molecule has 2 heterocycles. The minimum absolute atomic E-state index is 0.595. The van der Waals surface area contributed by atoms with Crippen LogP contribution in [0.1, 0.15) is 45.9 Å². The van der Waals surface area contributed by atoms with E-state index >= 15 is 0 Å². The van der Waals surface area contributed by atoms with Crippen LogP contribution in [0.4, 0.5) is 17.1 Å². The molecule has 0 bridgehead atoms. The number of anilines is 3. The summed E-state index contributed by atoms with van der Waals surface area (Å²) in [4.78, 5) is 2.46. The molecule has 2 aliphatic rings. The third kappa shape index (κ3) is 4.86. The van der Waals surface area contributed by atoms with Gasteiger partial charge in [0.1, 0.15) is 16.7 Å². The molecule has 2 aliphatic carbocycles. The predicted octanol–water partition coefficient (Wildman–Crippen LogP) is 16.7. The van der Waals surface area contributed by atoms with Crippen LogP contribution in [0, 0.1) is 0 Å². The molecule has 0 amide bonds. The van der Waals surface area contributed by atoms with Crippen LogP contribution < -0.4 is 4.90 Å². The van der Waals surface area contributed by atoms with E-state index in [1.165, 1.54) is 55.6 Å². The van der Waals surface area contributed by atoms with Gasteiger partial charge in [-0.15, -0.1) is 0 Å². The Morgan fingerprint density at radius 1 is 0.348 bits per heavy atom. The molecule has 0 atom stereocenters. The van der Waals surface area contributed by atoms with Crippen LogP contribution in [-0.2, 0) is 10.8 Å². The summed E-state index contributed by atoms with van der Waals surface area (Å²) in [5.41, 5.74) is 18.7. The van der Waals surface area contributed by atoms with E-state index in [-0.39, 0.29) is 0 Å². The van der Waals surface area contributed by atoms with E-state index in [4.69, 9.17) is 8.83 Å². The number of hydrogen-bond donors (Lipinski definition) is 0. The molecular formula is C63H41NO2. The maximum absolute atomic E-state index is 7.20. The third-order valence-corrected chi connectivity index (χ3v) is 14.8. The molecule has 0 saturated heterocycles. The summed E-state index contributed by atoms with van der Waals surface area (Å²) in [7, 11) is 0. The molecule has 0 radical (unpaired) electrons. The van der Waals surface area contributed by atoms with Gasteiger partial charge in [-0.05, 0) is 105 Å². The van der Waals surface area contributed by atoms with Gasteiger partial charge in [0.2, 0.25) is 0 Å². The summed E-state index contributed by atoms with van der Waals surface area (Å²) in [6.45, 7) is 2.40. The molecule has 14 rings (SSSR count). The second-order valence-electron chi connectivity index (χ2n) is 18.0. The summed E-state index contributed by atoms with van der Waals surface area (Å²) in [5.74, 6) is 0. The molecule has 0 saturated carbocycles. The fraction of sp³-hybridized carbons (Fsp3) is 0.0476. The fourth-order valence-electron chi connectivity index (χ4n) is 12.1. The number of rotatable bonds is 6. The lowest BCUT2D eigenvalue weighted by Crippen LogP contribution is -2.29. The Kier molecular flexibility index (Phi) is 7.74. The standard InChI is InChI=1S/C63H41NO2/c1-62(51-29-13-8-23-43(51)44-24-9-14-30-52(44)62)59-55(38-37-50-48-27-12-17-34-58(48)66-61(50)59)64(56-32-18-28-49-47-26-11-16-33-57(47)65-60(49)56)42-35-36-46-45-25-10-15-31-53(45)63(54(46)39-42,40-19-4-2-5-20-40)41-21-6-3-7-22-41/h2-39H,1H3. The SMILES string of the molecule is CC1(c2c(N(c3ccc4c(c3)C(c3ccccc3)(c3ccccc3)c3ccccc3-4)c3cccc4c3oc3ccccc34)ccc3c2oc2ccccc23)c2ccccc2-c2ccccc21. The predicted molar refractivity (Wildman–Crippen MR) is 270 cm³/mol. The van der Waals surface area contributed by atoms with Gasteiger partial charge in [0, 0.05) is 38.2 Å². The minimum atomic E-state index is -0.624. The molecule has 3 nitrogen and oxygen atoms in total. The van der Waals surface area contributed by atoms with Crippen LogP contribution >= 0.6 is 0 Å². The quantitative estimate of drug-likeness (QED) is 0.167. The highest BCUT2D eigenvalue weighted by Crippen LogP contribution is 2.60. The van der Waals surface area contributed by atoms with Crippen molar-refractivity contribution in [3.05, 3.63) is 269 Å². The molecule has 2 aromatic heterocycles. The number of furan rings is 2. The summed E-state index contributed by atoms with van der Waals surface area (Å²) >= 11 is 0. The van der Waals surface area contributed by atoms with E-state index in [2.05, 4.69) is 242 Å². The van der Waals surface area contributed by atoms with E-state index < -0.39 is 10.8 Å². The molecule has 0 fully saturated rings. The Balaban J connectivity index is 1.14. The monoisotopic (exact) mass is 843 g/mol. The maximum Gasteiger partial charge on any atom is 0.159 e. The van der Waals surface area contributed by atoms with Crippen molar-refractivity contribution in [2.24, 2.45) is 0 Å². The zero-order valence-electron chi connectivity index (χ0n) is 36.2. The first-order valence-corrected chi connectivity index (χ1v) is 22.8. The van der Waals surface area contributed by atoms with Gasteiger partial charge in [0.05, 0.1) is 16.8 Å². The van der Waals surface area contributed by atoms with Crippen molar-refractivity contribution in [2.45, 2.75) is 17.8 Å². The minimum Gasteiger partial charge on any atom is -0.456 e. The van der Waals surface area contributed by atoms with Gasteiger partial charge in [-0.25, -0.2) is 0 Å². The third-order valence-electron chi connectivity index (χ3n) is 14.8. The molecule has 66 heavy (non-hydrogen) atoms. The number of nitrogens with zero attached hydrogens (tertiary/aromatic N) is 1. The van der Waals surface area contributed by atoms with Crippen LogP contribution in [0.2, 0.25) is 0 Å². The van der Waals surface area contributed by atoms with Crippen molar-refractivity contribution in [2.75, 3.05) is 4.90 Å². The van der Waals surface area contributed by atoms with Crippen molar-refractivity contribution >= 4 is 60.9 Å². The Hall–Kier alpha value is -8.40. The highest BCUT2D eigenvalue weighted by molar-refractivity contribution is 6.13. The fourth-order valence-corrected chi connectivity index (χ4v) is 12.1. The summed E-state index contributed by atoms with van der Waals surface area (Å²) in [6.07, 6.45) is 0. The van der Waals surface area contributed by atoms with Crippen molar-refractivity contribution < 1.29 is 8.83 Å². The van der Waals surface area contributed by atoms with Crippen molar-refractivity contribution in [1.82, 2.24) is 0 Å². The first kappa shape index (κ1) is 37.0. The van der Waals surface area contributed by atoms with Gasteiger partial charge >= 0.3 is 0 Å². The van der Waals surface area contributed by atoms with Crippen LogP contribution in [0.5, 0.6) is 0 Å². The van der Waals surface area contributed by atoms with Crippen molar-refractivity contribution in [3.63, 3.8) is 0 Å². The Bertz CT molecular complexity index is 3830. The molecular weight excluding hydrogens is 803 g/mol. The molecule has 0 spiro atoms. The molecule has 3 heteroatoms. The number of fused-ring (bicyclic) bond motifs is 12. The largest absolute Gasteiger partial charge is 0.456 e. The molecule has 10 aromatic carbocycles. The number of benzene rings is 10. The lowest BCUT2D eigenvalue weighted by molar-refractivity contribution is 0.637. The van der Waals surface area contributed by atoms with Gasteiger partial charge in [0.15, 0.2) is 5.58 Å². The van der Waals surface area contributed by atoms with Gasteiger partial charge in [-0.2, -0.15) is 0 Å². The molecule has 12 aromatic rings. The highest BCUT2D eigenvalue weighted by Gasteiger charge is 2.48. The lowest BCUT2D eigenvalue weighted by Gasteiger charge is -2.36. The lowest BCUT2D eigenvalue weighted by atomic mass is 9.67. The average molecular weight is 844 g/mol. The summed E-state index contributed by atoms with van der Waals surface area (Å²) < 4.78 is 14.2. The summed E-state index contributed by atoms with van der Waals surface area (Å²) in [6, 6.07) is 84.1. The van der Waals surface area contributed by atoms with E-state index in [0.29, 0.717) is 0 Å². The smallest absolute Gasteiger partial charge is 0.159 e. The maximum atomic E-state index is 7.20. The average Bonchev–Trinajstić information content (AvgIpc) is 4.11. The first-order chi connectivity index (χ1) is 32.6. The normalized spacial score (nSPS) is 14.1. The van der Waals surface area contributed by atoms with E-state index in [1.807, 2.05) is 0 Å². The van der Waals surface area contributed by atoms with Crippen LogP contribution in [0.15, 0.2) is 239 Å². The van der Waals surface area contributed by atoms with Crippen LogP contribution in [0.25, 0.3) is 66.1 Å². The second kappa shape index (κ2) is 13.8. The van der Waals surface area contributed by atoms with Crippen molar-refractivity contribution in [3.8, 4) is 22.3 Å².